The van der Waals surface area contributed by atoms with Crippen LogP contribution in [0.3, 0.4) is 0 Å². The maximum Gasteiger partial charge on any atom is 0.458 e. The van der Waals surface area contributed by atoms with Crippen molar-refractivity contribution in [3.63, 3.8) is 0 Å². The average molecular weight is 534 g/mol. The van der Waals surface area contributed by atoms with Crippen molar-refractivity contribution in [2.24, 2.45) is 5.92 Å². The molecule has 1 aliphatic carbocycles. The summed E-state index contributed by atoms with van der Waals surface area (Å²) in [4.78, 5) is 0. The molecule has 0 radical (unpaired) electrons. The Kier molecular flexibility index (Phi) is 7.06. The van der Waals surface area contributed by atoms with E-state index in [0.717, 1.165) is 12.5 Å². The Balaban J connectivity index is 1.73. The number of hydrogen-bond acceptors (Lipinski definition) is 1. The first-order valence-corrected chi connectivity index (χ1v) is 11.0. The van der Waals surface area contributed by atoms with Crippen LogP contribution in [0.25, 0.3) is 21.9 Å². The quantitative estimate of drug-likeness (QED) is 0.241. The van der Waals surface area contributed by atoms with Gasteiger partial charge in [0.15, 0.2) is 5.82 Å². The Morgan fingerprint density at radius 2 is 1.35 bits per heavy atom. The molecule has 1 saturated carbocycles. The lowest BCUT2D eigenvalue weighted by molar-refractivity contribution is -0.222. The van der Waals surface area contributed by atoms with Crippen LogP contribution in [0.1, 0.15) is 37.7 Å². The highest BCUT2D eigenvalue weighted by atomic mass is 19.4. The molecule has 0 aliphatic heterocycles. The van der Waals surface area contributed by atoms with Gasteiger partial charge in [0.25, 0.3) is 0 Å². The first-order valence-electron chi connectivity index (χ1n) is 11.0. The summed E-state index contributed by atoms with van der Waals surface area (Å²) in [5.74, 6) is -7.58. The van der Waals surface area contributed by atoms with Gasteiger partial charge >= 0.3 is 12.3 Å². The van der Waals surface area contributed by atoms with Crippen LogP contribution in [-0.4, -0.2) is 12.3 Å². The van der Waals surface area contributed by atoms with E-state index >= 15 is 0 Å². The van der Waals surface area contributed by atoms with Gasteiger partial charge in [0.2, 0.25) is 0 Å². The van der Waals surface area contributed by atoms with Gasteiger partial charge in [-0.15, -0.1) is 0 Å². The number of ether oxygens (including phenoxy) is 1. The fourth-order valence-electron chi connectivity index (χ4n) is 4.37. The Morgan fingerprint density at radius 3 is 1.95 bits per heavy atom. The predicted molar refractivity (Wildman–Crippen MR) is 114 cm³/mol. The standard InChI is InChI=1S/C26H16F10O/c27-18-9-14-8-13(10-19(28)23(14)24(31)17(18)6-7-25(32,33)34)22-20(29)11-16(12-21(22)30)37-26(35,36)15-4-2-1-3-5-15/h8-12,15H,1-5H2. The largest absolute Gasteiger partial charge is 0.458 e. The summed E-state index contributed by atoms with van der Waals surface area (Å²) in [7, 11) is 0. The van der Waals surface area contributed by atoms with Crippen LogP contribution in [0.2, 0.25) is 0 Å². The number of fused-ring (bicyclic) bond motifs is 1. The summed E-state index contributed by atoms with van der Waals surface area (Å²) in [6, 6.07) is 2.69. The molecule has 0 spiro atoms. The van der Waals surface area contributed by atoms with Crippen LogP contribution in [0.4, 0.5) is 43.9 Å². The number of rotatable bonds is 4. The van der Waals surface area contributed by atoms with Crippen LogP contribution in [0.5, 0.6) is 5.75 Å². The van der Waals surface area contributed by atoms with Gasteiger partial charge in [-0.25, -0.2) is 22.0 Å². The number of hydrogen-bond donors (Lipinski definition) is 0. The van der Waals surface area contributed by atoms with E-state index in [1.165, 1.54) is 5.92 Å². The summed E-state index contributed by atoms with van der Waals surface area (Å²) < 4.78 is 144. The molecule has 37 heavy (non-hydrogen) atoms. The summed E-state index contributed by atoms with van der Waals surface area (Å²) in [6.07, 6.45) is -6.46. The molecule has 0 N–H and O–H groups in total. The topological polar surface area (TPSA) is 9.23 Å². The molecule has 0 bridgehead atoms. The zero-order chi connectivity index (χ0) is 27.1. The van der Waals surface area contributed by atoms with E-state index in [1.807, 2.05) is 0 Å². The van der Waals surface area contributed by atoms with Crippen molar-refractivity contribution in [1.29, 1.82) is 0 Å². The van der Waals surface area contributed by atoms with Gasteiger partial charge in [-0.2, -0.15) is 22.0 Å². The second-order valence-electron chi connectivity index (χ2n) is 8.61. The molecule has 0 atom stereocenters. The van der Waals surface area contributed by atoms with E-state index in [9.17, 15) is 43.9 Å². The molecule has 3 aromatic carbocycles. The fourth-order valence-corrected chi connectivity index (χ4v) is 4.37. The molecule has 196 valence electrons. The Morgan fingerprint density at radius 1 is 0.730 bits per heavy atom. The van der Waals surface area contributed by atoms with Crippen molar-refractivity contribution in [3.8, 4) is 28.7 Å². The third kappa shape index (κ3) is 5.63. The van der Waals surface area contributed by atoms with Crippen LogP contribution >= 0.6 is 0 Å². The van der Waals surface area contributed by atoms with E-state index in [1.54, 1.807) is 0 Å². The van der Waals surface area contributed by atoms with Gasteiger partial charge in [-0.3, -0.25) is 0 Å². The normalized spacial score (nSPS) is 15.0. The van der Waals surface area contributed by atoms with Crippen molar-refractivity contribution in [1.82, 2.24) is 0 Å². The molecule has 1 aliphatic rings. The zero-order valence-electron chi connectivity index (χ0n) is 18.7. The lowest BCUT2D eigenvalue weighted by atomic mass is 9.88. The molecular formula is C26H16F10O. The lowest BCUT2D eigenvalue weighted by Gasteiger charge is -2.29. The molecule has 0 heterocycles. The van der Waals surface area contributed by atoms with Crippen molar-refractivity contribution >= 4 is 10.8 Å². The minimum Gasteiger partial charge on any atom is -0.432 e. The van der Waals surface area contributed by atoms with Crippen molar-refractivity contribution < 1.29 is 48.6 Å². The van der Waals surface area contributed by atoms with Crippen LogP contribution < -0.4 is 4.74 Å². The molecule has 0 saturated heterocycles. The molecule has 1 nitrogen and oxygen atoms in total. The van der Waals surface area contributed by atoms with Crippen LogP contribution in [0, 0.1) is 46.8 Å². The molecular weight excluding hydrogens is 518 g/mol. The smallest absolute Gasteiger partial charge is 0.432 e. The van der Waals surface area contributed by atoms with E-state index in [0.29, 0.717) is 43.0 Å². The Bertz CT molecular complexity index is 1390. The van der Waals surface area contributed by atoms with Gasteiger partial charge in [0.1, 0.15) is 29.0 Å². The minimum absolute atomic E-state index is 0.184. The summed E-state index contributed by atoms with van der Waals surface area (Å²) in [6.45, 7) is 0. The van der Waals surface area contributed by atoms with Gasteiger partial charge in [0, 0.05) is 18.1 Å². The third-order valence-corrected chi connectivity index (χ3v) is 6.05. The minimum atomic E-state index is -5.07. The highest BCUT2D eigenvalue weighted by molar-refractivity contribution is 5.90. The zero-order valence-corrected chi connectivity index (χ0v) is 18.7. The van der Waals surface area contributed by atoms with Crippen LogP contribution in [-0.2, 0) is 0 Å². The molecule has 3 aromatic rings. The SMILES string of the molecule is Fc1cc2cc(-c3c(F)cc(OC(F)(F)C4CCCCC4)cc3F)cc(F)c2c(F)c1C#CC(F)(F)F. The predicted octanol–water partition coefficient (Wildman–Crippen LogP) is 8.67. The third-order valence-electron chi connectivity index (χ3n) is 6.05. The average Bonchev–Trinajstić information content (AvgIpc) is 2.77. The van der Waals surface area contributed by atoms with Crippen molar-refractivity contribution in [3.05, 3.63) is 65.0 Å². The molecule has 11 heteroatoms. The Hall–Kier alpha value is -3.42. The summed E-state index contributed by atoms with van der Waals surface area (Å²) in [5.41, 5.74) is -2.77. The Labute approximate surface area is 204 Å². The second-order valence-corrected chi connectivity index (χ2v) is 8.61. The maximum absolute atomic E-state index is 14.8. The first-order chi connectivity index (χ1) is 17.3. The monoisotopic (exact) mass is 534 g/mol. The van der Waals surface area contributed by atoms with Gasteiger partial charge in [-0.1, -0.05) is 25.2 Å². The second kappa shape index (κ2) is 9.80. The van der Waals surface area contributed by atoms with Crippen molar-refractivity contribution in [2.45, 2.75) is 44.4 Å². The number of alkyl halides is 5. The molecule has 0 amide bonds. The van der Waals surface area contributed by atoms with Gasteiger partial charge in [0.05, 0.1) is 22.4 Å². The van der Waals surface area contributed by atoms with Crippen molar-refractivity contribution in [2.75, 3.05) is 0 Å². The summed E-state index contributed by atoms with van der Waals surface area (Å²) in [5, 5.41) is -1.52. The maximum atomic E-state index is 14.8. The van der Waals surface area contributed by atoms with E-state index in [-0.39, 0.29) is 12.8 Å². The molecule has 0 aromatic heterocycles. The van der Waals surface area contributed by atoms with Gasteiger partial charge in [-0.05, 0) is 42.0 Å². The summed E-state index contributed by atoms with van der Waals surface area (Å²) >= 11 is 0. The van der Waals surface area contributed by atoms with E-state index in [2.05, 4.69) is 4.74 Å². The highest BCUT2D eigenvalue weighted by Gasteiger charge is 2.42. The number of halogens is 10. The van der Waals surface area contributed by atoms with E-state index in [4.69, 9.17) is 0 Å². The first kappa shape index (κ1) is 26.6. The number of benzene rings is 3. The molecule has 4 rings (SSSR count). The molecule has 0 unspecified atom stereocenters. The fraction of sp³-hybridized carbons (Fsp3) is 0.308. The lowest BCUT2D eigenvalue weighted by Crippen LogP contribution is -2.36. The molecule has 1 fully saturated rings. The highest BCUT2D eigenvalue weighted by Crippen LogP contribution is 2.40. The van der Waals surface area contributed by atoms with Gasteiger partial charge < -0.3 is 4.74 Å². The van der Waals surface area contributed by atoms with Crippen LogP contribution in [0.15, 0.2) is 30.3 Å². The van der Waals surface area contributed by atoms with E-state index < -0.39 is 80.5 Å².